The highest BCUT2D eigenvalue weighted by molar-refractivity contribution is 5.84. The van der Waals surface area contributed by atoms with Gasteiger partial charge >= 0.3 is 0 Å². The largest absolute Gasteiger partial charge is 0.300 e. The molecule has 0 aliphatic heterocycles. The molecule has 2 rings (SSSR count). The molecule has 0 aliphatic carbocycles. The van der Waals surface area contributed by atoms with E-state index in [0.717, 1.165) is 5.56 Å². The van der Waals surface area contributed by atoms with Crippen LogP contribution in [0.15, 0.2) is 36.4 Å². The third-order valence-corrected chi connectivity index (χ3v) is 4.04. The van der Waals surface area contributed by atoms with Gasteiger partial charge in [-0.05, 0) is 42.2 Å². The summed E-state index contributed by atoms with van der Waals surface area (Å²) in [6.45, 7) is 20.4. The SMILES string of the molecule is C#Cc1ccc2ccc(C)cc2c1.CC.CC(=O)C(C)C.CCC(C)(C)C. The molecule has 0 atom stereocenters. The number of ketones is 1. The van der Waals surface area contributed by atoms with Gasteiger partial charge in [-0.15, -0.1) is 6.42 Å². The number of carbonyl (C=O) groups is 1. The Hall–Kier alpha value is -2.07. The van der Waals surface area contributed by atoms with Crippen molar-refractivity contribution < 1.29 is 4.79 Å². The summed E-state index contributed by atoms with van der Waals surface area (Å²) in [6.07, 6.45) is 6.60. The Balaban J connectivity index is 0. The van der Waals surface area contributed by atoms with Gasteiger partial charge < -0.3 is 0 Å². The van der Waals surface area contributed by atoms with E-state index in [1.165, 1.54) is 22.8 Å². The standard InChI is InChI=1S/C13H10.C6H14.C5H10O.C2H6/c1-3-11-5-7-12-6-4-10(2)8-13(12)9-11;1-5-6(2,3)4;1-4(2)5(3)6;1-2/h1,4-9H,2H3;5H2,1-4H3;4H,1-3H3;1-2H3. The molecule has 150 valence electrons. The van der Waals surface area contributed by atoms with E-state index in [2.05, 4.69) is 64.8 Å². The molecule has 0 spiro atoms. The number of terminal acetylenes is 1. The zero-order chi connectivity index (χ0) is 21.6. The third kappa shape index (κ3) is 13.8. The zero-order valence-electron chi connectivity index (χ0n) is 19.2. The summed E-state index contributed by atoms with van der Waals surface area (Å²) >= 11 is 0. The number of fused-ring (bicyclic) bond motifs is 1. The van der Waals surface area contributed by atoms with Crippen molar-refractivity contribution >= 4 is 16.6 Å². The number of aryl methyl sites for hydroxylation is 1. The van der Waals surface area contributed by atoms with Crippen LogP contribution in [0.25, 0.3) is 10.8 Å². The average molecular weight is 369 g/mol. The number of hydrogen-bond acceptors (Lipinski definition) is 1. The first-order chi connectivity index (χ1) is 12.5. The van der Waals surface area contributed by atoms with Gasteiger partial charge in [0.2, 0.25) is 0 Å². The molecule has 0 saturated heterocycles. The maximum atomic E-state index is 10.1. The molecule has 1 heteroatoms. The van der Waals surface area contributed by atoms with Crippen molar-refractivity contribution in [3.63, 3.8) is 0 Å². The highest BCUT2D eigenvalue weighted by Gasteiger charge is 2.03. The molecule has 0 heterocycles. The second kappa shape index (κ2) is 14.0. The lowest BCUT2D eigenvalue weighted by molar-refractivity contribution is -0.119. The fourth-order valence-corrected chi connectivity index (χ4v) is 1.46. The van der Waals surface area contributed by atoms with Gasteiger partial charge in [0.25, 0.3) is 0 Å². The number of carbonyl (C=O) groups excluding carboxylic acids is 1. The van der Waals surface area contributed by atoms with Crippen molar-refractivity contribution in [2.24, 2.45) is 11.3 Å². The molecule has 0 N–H and O–H groups in total. The van der Waals surface area contributed by atoms with Crippen molar-refractivity contribution in [3.05, 3.63) is 47.5 Å². The maximum Gasteiger partial charge on any atom is 0.132 e. The Morgan fingerprint density at radius 3 is 1.85 bits per heavy atom. The minimum atomic E-state index is 0.213. The number of Topliss-reactive ketones (excluding diaryl/α,β-unsaturated/α-hetero) is 1. The zero-order valence-corrected chi connectivity index (χ0v) is 19.2. The van der Waals surface area contributed by atoms with E-state index in [0.29, 0.717) is 5.41 Å². The van der Waals surface area contributed by atoms with Gasteiger partial charge in [-0.25, -0.2) is 0 Å². The lowest BCUT2D eigenvalue weighted by atomic mass is 9.94. The molecule has 0 radical (unpaired) electrons. The normalized spacial score (nSPS) is 9.70. The van der Waals surface area contributed by atoms with Gasteiger partial charge in [0, 0.05) is 11.5 Å². The first-order valence-electron chi connectivity index (χ1n) is 9.97. The van der Waals surface area contributed by atoms with Crippen LogP contribution in [0.2, 0.25) is 0 Å². The monoisotopic (exact) mass is 368 g/mol. The Morgan fingerprint density at radius 2 is 1.48 bits per heavy atom. The molecular formula is C26H40O. The minimum Gasteiger partial charge on any atom is -0.300 e. The molecular weight excluding hydrogens is 328 g/mol. The van der Waals surface area contributed by atoms with Gasteiger partial charge in [0.1, 0.15) is 5.78 Å². The summed E-state index contributed by atoms with van der Waals surface area (Å²) in [6, 6.07) is 12.4. The van der Waals surface area contributed by atoms with E-state index >= 15 is 0 Å². The lowest BCUT2D eigenvalue weighted by Crippen LogP contribution is -2.00. The van der Waals surface area contributed by atoms with E-state index in [4.69, 9.17) is 6.42 Å². The molecule has 1 nitrogen and oxygen atoms in total. The van der Waals surface area contributed by atoms with Crippen LogP contribution in [0.4, 0.5) is 0 Å². The Kier molecular flexibility index (Phi) is 14.1. The van der Waals surface area contributed by atoms with E-state index in [1.54, 1.807) is 6.92 Å². The summed E-state index contributed by atoms with van der Waals surface area (Å²) in [7, 11) is 0. The van der Waals surface area contributed by atoms with Crippen LogP contribution in [0.3, 0.4) is 0 Å². The van der Waals surface area contributed by atoms with Crippen molar-refractivity contribution in [2.75, 3.05) is 0 Å². The summed E-state index contributed by atoms with van der Waals surface area (Å²) in [5.74, 6) is 3.11. The molecule has 0 saturated carbocycles. The quantitative estimate of drug-likeness (QED) is 0.469. The fraction of sp³-hybridized carbons (Fsp3) is 0.500. The van der Waals surface area contributed by atoms with Crippen molar-refractivity contribution in [2.45, 2.75) is 75.7 Å². The second-order valence-corrected chi connectivity index (χ2v) is 7.89. The molecule has 0 aromatic heterocycles. The highest BCUT2D eigenvalue weighted by atomic mass is 16.1. The maximum absolute atomic E-state index is 10.1. The lowest BCUT2D eigenvalue weighted by Gasteiger charge is -2.12. The third-order valence-electron chi connectivity index (χ3n) is 4.04. The van der Waals surface area contributed by atoms with E-state index < -0.39 is 0 Å². The van der Waals surface area contributed by atoms with Gasteiger partial charge in [0.05, 0.1) is 0 Å². The van der Waals surface area contributed by atoms with Crippen LogP contribution in [0.5, 0.6) is 0 Å². The van der Waals surface area contributed by atoms with E-state index in [1.807, 2.05) is 39.8 Å². The molecule has 27 heavy (non-hydrogen) atoms. The minimum absolute atomic E-state index is 0.213. The van der Waals surface area contributed by atoms with Crippen molar-refractivity contribution in [3.8, 4) is 12.3 Å². The summed E-state index contributed by atoms with van der Waals surface area (Å²) in [5, 5.41) is 2.46. The van der Waals surface area contributed by atoms with Crippen LogP contribution in [-0.2, 0) is 4.79 Å². The predicted octanol–water partition coefficient (Wildman–Crippen LogP) is 7.83. The smallest absolute Gasteiger partial charge is 0.132 e. The second-order valence-electron chi connectivity index (χ2n) is 7.89. The first-order valence-corrected chi connectivity index (χ1v) is 9.97. The summed E-state index contributed by atoms with van der Waals surface area (Å²) in [4.78, 5) is 10.1. The average Bonchev–Trinajstić information content (AvgIpc) is 2.63. The van der Waals surface area contributed by atoms with Crippen molar-refractivity contribution in [1.82, 2.24) is 0 Å². The van der Waals surface area contributed by atoms with E-state index in [-0.39, 0.29) is 11.7 Å². The Labute approximate surface area is 168 Å². The molecule has 2 aromatic carbocycles. The van der Waals surface area contributed by atoms with Gasteiger partial charge in [-0.3, -0.25) is 4.79 Å². The van der Waals surface area contributed by atoms with Crippen molar-refractivity contribution in [1.29, 1.82) is 0 Å². The predicted molar refractivity (Wildman–Crippen MR) is 123 cm³/mol. The van der Waals surface area contributed by atoms with Gasteiger partial charge in [-0.1, -0.05) is 97.6 Å². The van der Waals surface area contributed by atoms with Crippen LogP contribution in [0.1, 0.15) is 79.9 Å². The van der Waals surface area contributed by atoms with Crippen LogP contribution in [-0.4, -0.2) is 5.78 Å². The van der Waals surface area contributed by atoms with Crippen LogP contribution >= 0.6 is 0 Å². The summed E-state index contributed by atoms with van der Waals surface area (Å²) < 4.78 is 0. The number of benzene rings is 2. The molecule has 0 amide bonds. The molecule has 0 bridgehead atoms. The van der Waals surface area contributed by atoms with Crippen LogP contribution in [0, 0.1) is 30.6 Å². The topological polar surface area (TPSA) is 17.1 Å². The Morgan fingerprint density at radius 1 is 1.04 bits per heavy atom. The van der Waals surface area contributed by atoms with Gasteiger partial charge in [0.15, 0.2) is 0 Å². The molecule has 0 fully saturated rings. The molecule has 0 aliphatic rings. The number of hydrogen-bond donors (Lipinski definition) is 0. The van der Waals surface area contributed by atoms with Crippen LogP contribution < -0.4 is 0 Å². The fourth-order valence-electron chi connectivity index (χ4n) is 1.46. The Bertz CT molecular complexity index is 709. The number of rotatable bonds is 1. The summed E-state index contributed by atoms with van der Waals surface area (Å²) in [5.41, 5.74) is 2.75. The molecule has 2 aromatic rings. The van der Waals surface area contributed by atoms with E-state index in [9.17, 15) is 4.79 Å². The first kappa shape index (κ1) is 27.2. The molecule has 0 unspecified atom stereocenters. The highest BCUT2D eigenvalue weighted by Crippen LogP contribution is 2.17. The van der Waals surface area contributed by atoms with Gasteiger partial charge in [-0.2, -0.15) is 0 Å².